The van der Waals surface area contributed by atoms with E-state index in [4.69, 9.17) is 0 Å². The third-order valence-corrected chi connectivity index (χ3v) is 3.64. The largest absolute Gasteiger partial charge is 0.289 e. The number of aryl methyl sites for hydroxylation is 2. The molecule has 0 atom stereocenters. The van der Waals surface area contributed by atoms with Crippen molar-refractivity contribution in [2.45, 2.75) is 13.8 Å². The molecule has 0 saturated carbocycles. The van der Waals surface area contributed by atoms with Crippen LogP contribution in [0.5, 0.6) is 0 Å². The number of ketones is 1. The quantitative estimate of drug-likeness (QED) is 0.750. The fraction of sp³-hybridized carbons (Fsp3) is 0.133. The van der Waals surface area contributed by atoms with E-state index in [0.29, 0.717) is 11.1 Å². The molecule has 0 aromatic heterocycles. The SMILES string of the molecule is Cc1ccc(C)c(C(=O)c2cccc(F)c2Br)c1. The van der Waals surface area contributed by atoms with Gasteiger partial charge < -0.3 is 0 Å². The molecule has 1 nitrogen and oxygen atoms in total. The molecular formula is C15H12BrFO. The highest BCUT2D eigenvalue weighted by Gasteiger charge is 2.16. The Kier molecular flexibility index (Phi) is 3.62. The first-order valence-electron chi connectivity index (χ1n) is 5.56. The highest BCUT2D eigenvalue weighted by Crippen LogP contribution is 2.24. The fourth-order valence-corrected chi connectivity index (χ4v) is 2.25. The molecule has 0 saturated heterocycles. The van der Waals surface area contributed by atoms with E-state index in [9.17, 15) is 9.18 Å². The summed E-state index contributed by atoms with van der Waals surface area (Å²) in [6, 6.07) is 10.2. The second-order valence-electron chi connectivity index (χ2n) is 4.25. The lowest BCUT2D eigenvalue weighted by Crippen LogP contribution is -2.05. The molecule has 0 N–H and O–H groups in total. The zero-order chi connectivity index (χ0) is 13.3. The number of hydrogen-bond donors (Lipinski definition) is 0. The van der Waals surface area contributed by atoms with Crippen LogP contribution in [0.1, 0.15) is 27.0 Å². The van der Waals surface area contributed by atoms with Crippen molar-refractivity contribution in [3.05, 3.63) is 68.9 Å². The van der Waals surface area contributed by atoms with Gasteiger partial charge in [-0.2, -0.15) is 0 Å². The van der Waals surface area contributed by atoms with Gasteiger partial charge >= 0.3 is 0 Å². The maximum atomic E-state index is 13.4. The Balaban J connectivity index is 2.55. The van der Waals surface area contributed by atoms with Gasteiger partial charge in [-0.25, -0.2) is 4.39 Å². The summed E-state index contributed by atoms with van der Waals surface area (Å²) in [4.78, 5) is 12.4. The molecule has 2 rings (SSSR count). The Bertz CT molecular complexity index is 616. The van der Waals surface area contributed by atoms with Crippen LogP contribution in [-0.4, -0.2) is 5.78 Å². The van der Waals surface area contributed by atoms with Crippen LogP contribution < -0.4 is 0 Å². The van der Waals surface area contributed by atoms with Crippen molar-refractivity contribution in [1.82, 2.24) is 0 Å². The first-order chi connectivity index (χ1) is 8.50. The number of carbonyl (C=O) groups excluding carboxylic acids is 1. The van der Waals surface area contributed by atoms with Crippen LogP contribution in [0, 0.1) is 19.7 Å². The maximum Gasteiger partial charge on any atom is 0.194 e. The maximum absolute atomic E-state index is 13.4. The Morgan fingerprint density at radius 2 is 1.83 bits per heavy atom. The predicted molar refractivity (Wildman–Crippen MR) is 73.4 cm³/mol. The molecule has 2 aromatic rings. The van der Waals surface area contributed by atoms with Gasteiger partial charge in [-0.1, -0.05) is 23.8 Å². The van der Waals surface area contributed by atoms with Gasteiger partial charge in [0, 0.05) is 11.1 Å². The van der Waals surface area contributed by atoms with Crippen LogP contribution in [0.15, 0.2) is 40.9 Å². The van der Waals surface area contributed by atoms with Gasteiger partial charge in [0.15, 0.2) is 5.78 Å². The van der Waals surface area contributed by atoms with Crippen LogP contribution >= 0.6 is 15.9 Å². The molecule has 0 radical (unpaired) electrons. The Morgan fingerprint density at radius 1 is 1.11 bits per heavy atom. The summed E-state index contributed by atoms with van der Waals surface area (Å²) < 4.78 is 13.7. The first-order valence-corrected chi connectivity index (χ1v) is 6.36. The molecule has 2 aromatic carbocycles. The highest BCUT2D eigenvalue weighted by molar-refractivity contribution is 9.10. The van der Waals surface area contributed by atoms with Crippen molar-refractivity contribution in [3.63, 3.8) is 0 Å². The molecule has 0 fully saturated rings. The van der Waals surface area contributed by atoms with E-state index in [1.165, 1.54) is 6.07 Å². The van der Waals surface area contributed by atoms with Gasteiger partial charge in [0.05, 0.1) is 4.47 Å². The van der Waals surface area contributed by atoms with Crippen LogP contribution in [0.4, 0.5) is 4.39 Å². The van der Waals surface area contributed by atoms with Crippen molar-refractivity contribution in [2.75, 3.05) is 0 Å². The molecule has 0 heterocycles. The summed E-state index contributed by atoms with van der Waals surface area (Å²) in [5, 5.41) is 0. The molecule has 3 heteroatoms. The zero-order valence-corrected chi connectivity index (χ0v) is 11.7. The van der Waals surface area contributed by atoms with Crippen molar-refractivity contribution in [1.29, 1.82) is 0 Å². The van der Waals surface area contributed by atoms with E-state index >= 15 is 0 Å². The summed E-state index contributed by atoms with van der Waals surface area (Å²) in [6.07, 6.45) is 0. The molecule has 0 spiro atoms. The van der Waals surface area contributed by atoms with Crippen LogP contribution in [0.2, 0.25) is 0 Å². The summed E-state index contributed by atoms with van der Waals surface area (Å²) in [5.74, 6) is -0.589. The fourth-order valence-electron chi connectivity index (χ4n) is 1.80. The van der Waals surface area contributed by atoms with Gasteiger partial charge in [-0.15, -0.1) is 0 Å². The minimum atomic E-state index is -0.425. The van der Waals surface area contributed by atoms with E-state index < -0.39 is 5.82 Å². The van der Waals surface area contributed by atoms with Crippen molar-refractivity contribution in [3.8, 4) is 0 Å². The summed E-state index contributed by atoms with van der Waals surface area (Å²) in [7, 11) is 0. The lowest BCUT2D eigenvalue weighted by atomic mass is 9.97. The van der Waals surface area contributed by atoms with Gasteiger partial charge in [0.2, 0.25) is 0 Å². The summed E-state index contributed by atoms with van der Waals surface area (Å²) >= 11 is 3.13. The summed E-state index contributed by atoms with van der Waals surface area (Å²) in [5.41, 5.74) is 2.86. The van der Waals surface area contributed by atoms with Crippen molar-refractivity contribution < 1.29 is 9.18 Å². The smallest absolute Gasteiger partial charge is 0.194 e. The second-order valence-corrected chi connectivity index (χ2v) is 5.04. The van der Waals surface area contributed by atoms with Crippen LogP contribution in [-0.2, 0) is 0 Å². The number of halogens is 2. The van der Waals surface area contributed by atoms with Crippen LogP contribution in [0.25, 0.3) is 0 Å². The van der Waals surface area contributed by atoms with Crippen molar-refractivity contribution >= 4 is 21.7 Å². The Hall–Kier alpha value is -1.48. The standard InChI is InChI=1S/C15H12BrFO/c1-9-6-7-10(2)12(8-9)15(18)11-4-3-5-13(17)14(11)16/h3-8H,1-2H3. The Morgan fingerprint density at radius 3 is 2.56 bits per heavy atom. The summed E-state index contributed by atoms with van der Waals surface area (Å²) in [6.45, 7) is 3.80. The van der Waals surface area contributed by atoms with E-state index in [-0.39, 0.29) is 10.3 Å². The van der Waals surface area contributed by atoms with E-state index in [2.05, 4.69) is 15.9 Å². The minimum absolute atomic E-state index is 0.164. The second kappa shape index (κ2) is 5.02. The van der Waals surface area contributed by atoms with Crippen LogP contribution in [0.3, 0.4) is 0 Å². The molecule has 0 aliphatic carbocycles. The van der Waals surface area contributed by atoms with Gasteiger partial charge in [-0.3, -0.25) is 4.79 Å². The van der Waals surface area contributed by atoms with Gasteiger partial charge in [0.1, 0.15) is 5.82 Å². The number of hydrogen-bond acceptors (Lipinski definition) is 1. The molecule has 92 valence electrons. The zero-order valence-electron chi connectivity index (χ0n) is 10.1. The average molecular weight is 307 g/mol. The first kappa shape index (κ1) is 13.0. The molecule has 0 aliphatic rings. The minimum Gasteiger partial charge on any atom is -0.289 e. The third-order valence-electron chi connectivity index (χ3n) is 2.83. The lowest BCUT2D eigenvalue weighted by Gasteiger charge is -2.08. The topological polar surface area (TPSA) is 17.1 Å². The van der Waals surface area contributed by atoms with Gasteiger partial charge in [0.25, 0.3) is 0 Å². The number of carbonyl (C=O) groups is 1. The normalized spacial score (nSPS) is 10.4. The highest BCUT2D eigenvalue weighted by atomic mass is 79.9. The van der Waals surface area contributed by atoms with Gasteiger partial charge in [-0.05, 0) is 53.5 Å². The third kappa shape index (κ3) is 2.36. The number of benzene rings is 2. The molecule has 0 bridgehead atoms. The molecule has 0 amide bonds. The lowest BCUT2D eigenvalue weighted by molar-refractivity contribution is 0.103. The van der Waals surface area contributed by atoms with E-state index in [1.54, 1.807) is 12.1 Å². The molecular weight excluding hydrogens is 295 g/mol. The monoisotopic (exact) mass is 306 g/mol. The molecule has 0 unspecified atom stereocenters. The van der Waals surface area contributed by atoms with Crippen molar-refractivity contribution in [2.24, 2.45) is 0 Å². The average Bonchev–Trinajstić information content (AvgIpc) is 2.35. The Labute approximate surface area is 114 Å². The predicted octanol–water partition coefficient (Wildman–Crippen LogP) is 4.44. The molecule has 0 aliphatic heterocycles. The number of rotatable bonds is 2. The molecule has 18 heavy (non-hydrogen) atoms. The van der Waals surface area contributed by atoms with E-state index in [0.717, 1.165) is 11.1 Å². The van der Waals surface area contributed by atoms with E-state index in [1.807, 2.05) is 32.0 Å².